The Balaban J connectivity index is 2.55. The van der Waals surface area contributed by atoms with Crippen LogP contribution in [0.15, 0.2) is 24.3 Å². The van der Waals surface area contributed by atoms with Crippen molar-refractivity contribution in [1.29, 1.82) is 5.26 Å². The summed E-state index contributed by atoms with van der Waals surface area (Å²) in [6, 6.07) is 10.0. The number of hydrogen-bond donors (Lipinski definition) is 0. The second-order valence-corrected chi connectivity index (χ2v) is 4.77. The second-order valence-electron chi connectivity index (χ2n) is 3.34. The van der Waals surface area contributed by atoms with Gasteiger partial charge in [0.2, 0.25) is 0 Å². The molecule has 1 aromatic carbocycles. The van der Waals surface area contributed by atoms with Crippen molar-refractivity contribution >= 4 is 11.8 Å². The van der Waals surface area contributed by atoms with Crippen LogP contribution in [0.4, 0.5) is 0 Å². The van der Waals surface area contributed by atoms with Crippen LogP contribution < -0.4 is 0 Å². The maximum absolute atomic E-state index is 8.73. The fraction of sp³-hybridized carbons (Fsp3) is 0.417. The lowest BCUT2D eigenvalue weighted by Gasteiger charge is -2.07. The van der Waals surface area contributed by atoms with Crippen molar-refractivity contribution in [3.05, 3.63) is 35.4 Å². The van der Waals surface area contributed by atoms with Crippen LogP contribution in [-0.4, -0.2) is 5.25 Å². The van der Waals surface area contributed by atoms with E-state index in [0.29, 0.717) is 5.25 Å². The van der Waals surface area contributed by atoms with Crippen LogP contribution in [0.3, 0.4) is 0 Å². The van der Waals surface area contributed by atoms with Gasteiger partial charge in [-0.15, -0.1) is 0 Å². The molecule has 0 N–H and O–H groups in total. The lowest BCUT2D eigenvalue weighted by atomic mass is 10.2. The van der Waals surface area contributed by atoms with E-state index in [-0.39, 0.29) is 0 Å². The maximum atomic E-state index is 8.73. The standard InChI is InChI=1S/C12H15NS/c1-3-10(2)14-9-12-6-4-5-11(7-12)8-13/h4-7,10H,3,9H2,1-2H3. The average Bonchev–Trinajstić information content (AvgIpc) is 2.26. The van der Waals surface area contributed by atoms with Gasteiger partial charge in [-0.05, 0) is 24.1 Å². The van der Waals surface area contributed by atoms with Gasteiger partial charge in [0.25, 0.3) is 0 Å². The summed E-state index contributed by atoms with van der Waals surface area (Å²) in [5.74, 6) is 1.00. The molecule has 74 valence electrons. The van der Waals surface area contributed by atoms with Crippen LogP contribution in [0.25, 0.3) is 0 Å². The normalized spacial score (nSPS) is 12.1. The molecule has 0 aliphatic carbocycles. The van der Waals surface area contributed by atoms with Crippen molar-refractivity contribution in [3.8, 4) is 6.07 Å². The molecule has 1 atom stereocenters. The van der Waals surface area contributed by atoms with Gasteiger partial charge in [0, 0.05) is 11.0 Å². The molecule has 0 spiro atoms. The van der Waals surface area contributed by atoms with Crippen molar-refractivity contribution in [2.75, 3.05) is 0 Å². The minimum absolute atomic E-state index is 0.695. The fourth-order valence-electron chi connectivity index (χ4n) is 1.09. The number of rotatable bonds is 4. The van der Waals surface area contributed by atoms with Gasteiger partial charge in [-0.25, -0.2) is 0 Å². The highest BCUT2D eigenvalue weighted by atomic mass is 32.2. The first-order valence-corrected chi connectivity index (χ1v) is 5.91. The molecule has 0 aliphatic heterocycles. The molecule has 0 bridgehead atoms. The zero-order chi connectivity index (χ0) is 10.4. The summed E-state index contributed by atoms with van der Waals surface area (Å²) in [5.41, 5.74) is 2.00. The van der Waals surface area contributed by atoms with Crippen molar-refractivity contribution < 1.29 is 0 Å². The predicted molar refractivity (Wildman–Crippen MR) is 62.2 cm³/mol. The first-order chi connectivity index (χ1) is 6.76. The molecule has 1 nitrogen and oxygen atoms in total. The van der Waals surface area contributed by atoms with Gasteiger partial charge in [-0.1, -0.05) is 26.0 Å². The molecule has 0 amide bonds. The predicted octanol–water partition coefficient (Wildman–Crippen LogP) is 3.59. The van der Waals surface area contributed by atoms with Gasteiger partial charge in [-0.2, -0.15) is 17.0 Å². The molecular formula is C12H15NS. The Morgan fingerprint density at radius 1 is 1.50 bits per heavy atom. The van der Waals surface area contributed by atoms with Crippen molar-refractivity contribution in [2.45, 2.75) is 31.3 Å². The van der Waals surface area contributed by atoms with Crippen LogP contribution >= 0.6 is 11.8 Å². The van der Waals surface area contributed by atoms with Gasteiger partial charge >= 0.3 is 0 Å². The van der Waals surface area contributed by atoms with E-state index in [1.807, 2.05) is 30.0 Å². The Morgan fingerprint density at radius 3 is 2.93 bits per heavy atom. The largest absolute Gasteiger partial charge is 0.192 e. The van der Waals surface area contributed by atoms with Crippen LogP contribution in [-0.2, 0) is 5.75 Å². The highest BCUT2D eigenvalue weighted by molar-refractivity contribution is 7.99. The molecular weight excluding hydrogens is 190 g/mol. The summed E-state index contributed by atoms with van der Waals surface area (Å²) in [6.45, 7) is 4.43. The quantitative estimate of drug-likeness (QED) is 0.750. The molecule has 0 heterocycles. The fourth-order valence-corrected chi connectivity index (χ4v) is 1.98. The van der Waals surface area contributed by atoms with E-state index in [0.717, 1.165) is 11.3 Å². The molecule has 0 aromatic heterocycles. The highest BCUT2D eigenvalue weighted by Gasteiger charge is 2.00. The Morgan fingerprint density at radius 2 is 2.29 bits per heavy atom. The molecule has 1 unspecified atom stereocenters. The van der Waals surface area contributed by atoms with E-state index in [4.69, 9.17) is 5.26 Å². The van der Waals surface area contributed by atoms with Crippen molar-refractivity contribution in [2.24, 2.45) is 0 Å². The van der Waals surface area contributed by atoms with Gasteiger partial charge in [0.15, 0.2) is 0 Å². The minimum Gasteiger partial charge on any atom is -0.192 e. The molecule has 1 rings (SSSR count). The van der Waals surface area contributed by atoms with E-state index in [1.54, 1.807) is 0 Å². The molecule has 0 aliphatic rings. The average molecular weight is 205 g/mol. The number of nitrogens with zero attached hydrogens (tertiary/aromatic N) is 1. The summed E-state index contributed by atoms with van der Waals surface area (Å²) >= 11 is 1.94. The number of thioether (sulfide) groups is 1. The Bertz CT molecular complexity index is 327. The number of benzene rings is 1. The summed E-state index contributed by atoms with van der Waals surface area (Å²) < 4.78 is 0. The van der Waals surface area contributed by atoms with E-state index >= 15 is 0 Å². The SMILES string of the molecule is CCC(C)SCc1cccc(C#N)c1. The Labute approximate surface area is 90.1 Å². The van der Waals surface area contributed by atoms with Crippen molar-refractivity contribution in [1.82, 2.24) is 0 Å². The summed E-state index contributed by atoms with van der Waals surface area (Å²) in [5, 5.41) is 9.42. The third-order valence-corrected chi connectivity index (χ3v) is 3.57. The van der Waals surface area contributed by atoms with Gasteiger partial charge in [0.1, 0.15) is 0 Å². The van der Waals surface area contributed by atoms with E-state index in [1.165, 1.54) is 12.0 Å². The topological polar surface area (TPSA) is 23.8 Å². The summed E-state index contributed by atoms with van der Waals surface area (Å²) in [4.78, 5) is 0. The monoisotopic (exact) mass is 205 g/mol. The van der Waals surface area contributed by atoms with Crippen LogP contribution in [0.2, 0.25) is 0 Å². The van der Waals surface area contributed by atoms with Gasteiger partial charge in [-0.3, -0.25) is 0 Å². The smallest absolute Gasteiger partial charge is 0.0991 e. The van der Waals surface area contributed by atoms with Crippen molar-refractivity contribution in [3.63, 3.8) is 0 Å². The summed E-state index contributed by atoms with van der Waals surface area (Å²) in [6.07, 6.45) is 1.20. The van der Waals surface area contributed by atoms with Crippen LogP contribution in [0.5, 0.6) is 0 Å². The first kappa shape index (κ1) is 11.1. The number of nitriles is 1. The lowest BCUT2D eigenvalue weighted by molar-refractivity contribution is 0.905. The first-order valence-electron chi connectivity index (χ1n) is 4.87. The lowest BCUT2D eigenvalue weighted by Crippen LogP contribution is -1.93. The molecule has 0 saturated carbocycles. The zero-order valence-corrected chi connectivity index (χ0v) is 9.47. The molecule has 0 saturated heterocycles. The van der Waals surface area contributed by atoms with E-state index in [9.17, 15) is 0 Å². The molecule has 0 fully saturated rings. The molecule has 1 aromatic rings. The summed E-state index contributed by atoms with van der Waals surface area (Å²) in [7, 11) is 0. The van der Waals surface area contributed by atoms with E-state index < -0.39 is 0 Å². The molecule has 14 heavy (non-hydrogen) atoms. The van der Waals surface area contributed by atoms with Gasteiger partial charge < -0.3 is 0 Å². The third kappa shape index (κ3) is 3.43. The minimum atomic E-state index is 0.695. The van der Waals surface area contributed by atoms with Crippen LogP contribution in [0.1, 0.15) is 31.4 Å². The molecule has 0 radical (unpaired) electrons. The Hall–Kier alpha value is -0.940. The zero-order valence-electron chi connectivity index (χ0n) is 8.66. The second kappa shape index (κ2) is 5.72. The molecule has 2 heteroatoms. The highest BCUT2D eigenvalue weighted by Crippen LogP contribution is 2.19. The van der Waals surface area contributed by atoms with Gasteiger partial charge in [0.05, 0.1) is 11.6 Å². The van der Waals surface area contributed by atoms with Crippen LogP contribution in [0, 0.1) is 11.3 Å². The third-order valence-electron chi connectivity index (χ3n) is 2.17. The Kier molecular flexibility index (Phi) is 4.55. The number of hydrogen-bond acceptors (Lipinski definition) is 2. The van der Waals surface area contributed by atoms with E-state index in [2.05, 4.69) is 26.0 Å². The maximum Gasteiger partial charge on any atom is 0.0991 e.